The highest BCUT2D eigenvalue weighted by Gasteiger charge is 2.25. The number of anilines is 1. The Bertz CT molecular complexity index is 1450. The van der Waals surface area contributed by atoms with Crippen LogP contribution >= 0.6 is 27.5 Å². The Balaban J connectivity index is 1.13. The van der Waals surface area contributed by atoms with E-state index in [4.69, 9.17) is 26.1 Å². The van der Waals surface area contributed by atoms with E-state index < -0.39 is 0 Å². The van der Waals surface area contributed by atoms with Crippen molar-refractivity contribution in [1.29, 1.82) is 0 Å². The smallest absolute Gasteiger partial charge is 0.253 e. The zero-order valence-corrected chi connectivity index (χ0v) is 21.6. The Hall–Kier alpha value is -3.30. The molecule has 0 spiro atoms. The van der Waals surface area contributed by atoms with Crippen LogP contribution in [0, 0.1) is 5.92 Å². The standard InChI is InChI=1S/C26H23BrClN5O3/c27-19-14-30-33-24(12-21(31-25(19)33)18-3-1-2-4-20(18)28)29-13-16-7-9-32(10-8-16)26(34)17-5-6-22-23(11-17)36-15-35-22/h1-6,11-12,14,16,29H,7-10,13,15H2. The Morgan fingerprint density at radius 3 is 2.75 bits per heavy atom. The van der Waals surface area contributed by atoms with Crippen LogP contribution in [0.4, 0.5) is 5.82 Å². The summed E-state index contributed by atoms with van der Waals surface area (Å²) in [6.07, 6.45) is 3.57. The maximum Gasteiger partial charge on any atom is 0.253 e. The van der Waals surface area contributed by atoms with E-state index in [2.05, 4.69) is 26.3 Å². The molecule has 4 heterocycles. The van der Waals surface area contributed by atoms with Gasteiger partial charge in [-0.15, -0.1) is 0 Å². The Labute approximate surface area is 221 Å². The van der Waals surface area contributed by atoms with Crippen LogP contribution in [0.3, 0.4) is 0 Å². The van der Waals surface area contributed by atoms with E-state index in [1.165, 1.54) is 0 Å². The fourth-order valence-electron chi connectivity index (χ4n) is 4.67. The molecule has 8 nitrogen and oxygen atoms in total. The highest BCUT2D eigenvalue weighted by molar-refractivity contribution is 9.10. The maximum atomic E-state index is 13.0. The van der Waals surface area contributed by atoms with Gasteiger partial charge in [-0.3, -0.25) is 4.79 Å². The summed E-state index contributed by atoms with van der Waals surface area (Å²) in [5, 5.41) is 8.69. The number of hydrogen-bond acceptors (Lipinski definition) is 6. The molecule has 36 heavy (non-hydrogen) atoms. The van der Waals surface area contributed by atoms with Gasteiger partial charge in [-0.25, -0.2) is 4.98 Å². The van der Waals surface area contributed by atoms with E-state index in [9.17, 15) is 4.79 Å². The van der Waals surface area contributed by atoms with Gasteiger partial charge in [0, 0.05) is 41.9 Å². The molecule has 4 aromatic rings. The number of amides is 1. The molecule has 0 saturated carbocycles. The van der Waals surface area contributed by atoms with Crippen LogP contribution in [0.1, 0.15) is 23.2 Å². The van der Waals surface area contributed by atoms with Gasteiger partial charge < -0.3 is 19.7 Å². The number of carbonyl (C=O) groups excluding carboxylic acids is 1. The first-order chi connectivity index (χ1) is 17.6. The Morgan fingerprint density at radius 1 is 1.11 bits per heavy atom. The number of benzene rings is 2. The van der Waals surface area contributed by atoms with Gasteiger partial charge >= 0.3 is 0 Å². The third kappa shape index (κ3) is 4.37. The van der Waals surface area contributed by atoms with Gasteiger partial charge in [-0.1, -0.05) is 29.8 Å². The van der Waals surface area contributed by atoms with Gasteiger partial charge in [0.2, 0.25) is 6.79 Å². The van der Waals surface area contributed by atoms with E-state index in [1.807, 2.05) is 35.2 Å². The van der Waals surface area contributed by atoms with Gasteiger partial charge in [0.15, 0.2) is 17.1 Å². The minimum Gasteiger partial charge on any atom is -0.454 e. The molecular weight excluding hydrogens is 546 g/mol. The summed E-state index contributed by atoms with van der Waals surface area (Å²) in [5.74, 6) is 2.62. The molecule has 2 aromatic heterocycles. The third-order valence-corrected chi connectivity index (χ3v) is 7.56. The lowest BCUT2D eigenvalue weighted by atomic mass is 9.96. The molecule has 0 atom stereocenters. The van der Waals surface area contributed by atoms with E-state index in [0.29, 0.717) is 41.1 Å². The van der Waals surface area contributed by atoms with Gasteiger partial charge in [-0.05, 0) is 59.0 Å². The van der Waals surface area contributed by atoms with Crippen molar-refractivity contribution in [2.75, 3.05) is 31.7 Å². The predicted octanol–water partition coefficient (Wildman–Crippen LogP) is 5.51. The molecule has 1 fully saturated rings. The summed E-state index contributed by atoms with van der Waals surface area (Å²) in [6.45, 7) is 2.39. The second kappa shape index (κ2) is 9.63. The number of carbonyl (C=O) groups is 1. The highest BCUT2D eigenvalue weighted by Crippen LogP contribution is 2.34. The molecule has 0 aliphatic carbocycles. The van der Waals surface area contributed by atoms with Gasteiger partial charge in [0.05, 0.1) is 16.4 Å². The summed E-state index contributed by atoms with van der Waals surface area (Å²) >= 11 is 10.00. The van der Waals surface area contributed by atoms with Crippen LogP contribution in [0.5, 0.6) is 11.5 Å². The normalized spacial score (nSPS) is 15.4. The molecule has 0 bridgehead atoms. The lowest BCUT2D eigenvalue weighted by Crippen LogP contribution is -2.40. The number of hydrogen-bond donors (Lipinski definition) is 1. The van der Waals surface area contributed by atoms with Crippen LogP contribution in [0.15, 0.2) is 59.2 Å². The molecular formula is C26H23BrClN5O3. The third-order valence-electron chi connectivity index (χ3n) is 6.67. The lowest BCUT2D eigenvalue weighted by Gasteiger charge is -2.32. The van der Waals surface area contributed by atoms with Crippen LogP contribution in [0.25, 0.3) is 16.9 Å². The van der Waals surface area contributed by atoms with Gasteiger partial charge in [-0.2, -0.15) is 9.61 Å². The molecule has 1 amide bonds. The van der Waals surface area contributed by atoms with Crippen molar-refractivity contribution in [2.45, 2.75) is 12.8 Å². The largest absolute Gasteiger partial charge is 0.454 e. The second-order valence-corrected chi connectivity index (χ2v) is 10.2. The van der Waals surface area contributed by atoms with Crippen molar-refractivity contribution >= 4 is 44.9 Å². The van der Waals surface area contributed by atoms with Gasteiger partial charge in [0.1, 0.15) is 5.82 Å². The number of halogens is 2. The summed E-state index contributed by atoms with van der Waals surface area (Å²) in [6, 6.07) is 15.0. The number of fused-ring (bicyclic) bond motifs is 2. The van der Waals surface area contributed by atoms with E-state index >= 15 is 0 Å². The molecule has 6 rings (SSSR count). The van der Waals surface area contributed by atoms with E-state index in [-0.39, 0.29) is 12.7 Å². The summed E-state index contributed by atoms with van der Waals surface area (Å²) in [5.41, 5.74) is 3.00. The highest BCUT2D eigenvalue weighted by atomic mass is 79.9. The van der Waals surface area contributed by atoms with Crippen LogP contribution in [0.2, 0.25) is 5.02 Å². The van der Waals surface area contributed by atoms with Crippen molar-refractivity contribution in [3.8, 4) is 22.8 Å². The Kier molecular flexibility index (Phi) is 6.18. The monoisotopic (exact) mass is 567 g/mol. The van der Waals surface area contributed by atoms with Gasteiger partial charge in [0.25, 0.3) is 5.91 Å². The molecule has 1 N–H and O–H groups in total. The zero-order chi connectivity index (χ0) is 24.6. The Morgan fingerprint density at radius 2 is 1.92 bits per heavy atom. The molecule has 0 unspecified atom stereocenters. The van der Waals surface area contributed by atoms with Crippen molar-refractivity contribution in [3.63, 3.8) is 0 Å². The maximum absolute atomic E-state index is 13.0. The summed E-state index contributed by atoms with van der Waals surface area (Å²) in [7, 11) is 0. The SMILES string of the molecule is O=C(c1ccc2c(c1)OCO2)N1CCC(CNc2cc(-c3ccccc3Cl)nc3c(Br)cnn23)CC1. The molecule has 0 radical (unpaired) electrons. The first kappa shape index (κ1) is 23.1. The number of aromatic nitrogens is 3. The summed E-state index contributed by atoms with van der Waals surface area (Å²) in [4.78, 5) is 19.7. The molecule has 1 saturated heterocycles. The number of likely N-dealkylation sites (tertiary alicyclic amines) is 1. The van der Waals surface area contributed by atoms with Crippen molar-refractivity contribution in [2.24, 2.45) is 5.92 Å². The summed E-state index contributed by atoms with van der Waals surface area (Å²) < 4.78 is 13.4. The number of nitrogens with one attached hydrogen (secondary N) is 1. The first-order valence-electron chi connectivity index (χ1n) is 11.8. The van der Waals surface area contributed by atoms with Crippen molar-refractivity contribution in [3.05, 3.63) is 69.8 Å². The van der Waals surface area contributed by atoms with Crippen LogP contribution in [-0.2, 0) is 0 Å². The van der Waals surface area contributed by atoms with Crippen LogP contribution < -0.4 is 14.8 Å². The molecule has 2 aliphatic heterocycles. The van der Waals surface area contributed by atoms with Crippen molar-refractivity contribution in [1.82, 2.24) is 19.5 Å². The van der Waals surface area contributed by atoms with Crippen LogP contribution in [-0.4, -0.2) is 51.8 Å². The average Bonchev–Trinajstić information content (AvgIpc) is 3.53. The fraction of sp³-hybridized carbons (Fsp3) is 0.269. The zero-order valence-electron chi connectivity index (χ0n) is 19.3. The minimum atomic E-state index is 0.0290. The molecule has 2 aromatic carbocycles. The second-order valence-electron chi connectivity index (χ2n) is 8.92. The molecule has 184 valence electrons. The van der Waals surface area contributed by atoms with Crippen molar-refractivity contribution < 1.29 is 14.3 Å². The fourth-order valence-corrected chi connectivity index (χ4v) is 5.25. The first-order valence-corrected chi connectivity index (χ1v) is 13.0. The number of ether oxygens (including phenoxy) is 2. The number of rotatable bonds is 5. The number of nitrogens with zero attached hydrogens (tertiary/aromatic N) is 4. The van der Waals surface area contributed by atoms with E-state index in [0.717, 1.165) is 46.6 Å². The minimum absolute atomic E-state index is 0.0290. The lowest BCUT2D eigenvalue weighted by molar-refractivity contribution is 0.0694. The topological polar surface area (TPSA) is 81.0 Å². The average molecular weight is 569 g/mol. The quantitative estimate of drug-likeness (QED) is 0.342. The molecule has 2 aliphatic rings. The number of piperidine rings is 1. The predicted molar refractivity (Wildman–Crippen MR) is 141 cm³/mol. The molecule has 10 heteroatoms. The van der Waals surface area contributed by atoms with E-state index in [1.54, 1.807) is 28.9 Å².